The molecule has 0 spiro atoms. The Labute approximate surface area is 202 Å². The first-order valence-corrected chi connectivity index (χ1v) is 10.4. The molecule has 7 heteroatoms. The van der Waals surface area contributed by atoms with Gasteiger partial charge in [-0.1, -0.05) is 38.1 Å². The Morgan fingerprint density at radius 2 is 1.90 bits per heavy atom. The SMILES string of the molecule is CN=C(NCc1ccc(N2CCCC2=O)cc1)NCC(C)(C)c1cccc(OC)c1.I. The van der Waals surface area contributed by atoms with Crippen LogP contribution in [0.2, 0.25) is 0 Å². The normalized spacial score (nSPS) is 14.3. The first-order chi connectivity index (χ1) is 14.4. The van der Waals surface area contributed by atoms with Crippen LogP contribution < -0.4 is 20.3 Å². The Balaban J connectivity index is 0.00000341. The molecule has 0 atom stereocenters. The quantitative estimate of drug-likeness (QED) is 0.318. The Morgan fingerprint density at radius 3 is 2.52 bits per heavy atom. The van der Waals surface area contributed by atoms with Crippen LogP contribution in [-0.2, 0) is 16.8 Å². The van der Waals surface area contributed by atoms with Gasteiger partial charge in [-0.3, -0.25) is 9.79 Å². The predicted molar refractivity (Wildman–Crippen MR) is 138 cm³/mol. The highest BCUT2D eigenvalue weighted by Gasteiger charge is 2.22. The second-order valence-corrected chi connectivity index (χ2v) is 8.21. The summed E-state index contributed by atoms with van der Waals surface area (Å²) in [5.41, 5.74) is 3.23. The van der Waals surface area contributed by atoms with Crippen molar-refractivity contribution in [2.45, 2.75) is 38.6 Å². The molecule has 2 aromatic rings. The topological polar surface area (TPSA) is 66.0 Å². The third kappa shape index (κ3) is 6.59. The van der Waals surface area contributed by atoms with Crippen molar-refractivity contribution in [3.63, 3.8) is 0 Å². The van der Waals surface area contributed by atoms with E-state index in [0.717, 1.165) is 42.5 Å². The molecule has 0 unspecified atom stereocenters. The number of benzene rings is 2. The lowest BCUT2D eigenvalue weighted by Crippen LogP contribution is -2.43. The van der Waals surface area contributed by atoms with Gasteiger partial charge in [0.25, 0.3) is 0 Å². The van der Waals surface area contributed by atoms with E-state index < -0.39 is 0 Å². The van der Waals surface area contributed by atoms with E-state index in [2.05, 4.69) is 53.7 Å². The number of rotatable bonds is 7. The average molecular weight is 536 g/mol. The molecule has 0 saturated carbocycles. The van der Waals surface area contributed by atoms with Gasteiger partial charge >= 0.3 is 0 Å². The second kappa shape index (κ2) is 11.4. The molecule has 1 heterocycles. The molecule has 6 nitrogen and oxygen atoms in total. The summed E-state index contributed by atoms with van der Waals surface area (Å²) in [6.45, 7) is 6.60. The van der Waals surface area contributed by atoms with E-state index in [1.807, 2.05) is 29.2 Å². The molecule has 0 aromatic heterocycles. The summed E-state index contributed by atoms with van der Waals surface area (Å²) in [6.07, 6.45) is 1.59. The summed E-state index contributed by atoms with van der Waals surface area (Å²) in [5.74, 6) is 1.83. The van der Waals surface area contributed by atoms with Gasteiger partial charge in [-0.2, -0.15) is 0 Å². The molecule has 2 aromatic carbocycles. The molecular weight excluding hydrogens is 503 g/mol. The number of ether oxygens (including phenoxy) is 1. The highest BCUT2D eigenvalue weighted by Crippen LogP contribution is 2.26. The van der Waals surface area contributed by atoms with E-state index in [9.17, 15) is 4.79 Å². The fourth-order valence-corrected chi connectivity index (χ4v) is 3.57. The smallest absolute Gasteiger partial charge is 0.227 e. The first kappa shape index (κ1) is 25.0. The molecule has 31 heavy (non-hydrogen) atoms. The lowest BCUT2D eigenvalue weighted by atomic mass is 9.84. The highest BCUT2D eigenvalue weighted by atomic mass is 127. The first-order valence-electron chi connectivity index (χ1n) is 10.4. The maximum absolute atomic E-state index is 11.9. The number of anilines is 1. The minimum absolute atomic E-state index is 0. The van der Waals surface area contributed by atoms with E-state index in [0.29, 0.717) is 13.0 Å². The highest BCUT2D eigenvalue weighted by molar-refractivity contribution is 14.0. The summed E-state index contributed by atoms with van der Waals surface area (Å²) < 4.78 is 5.35. The van der Waals surface area contributed by atoms with Gasteiger partial charge in [0.1, 0.15) is 5.75 Å². The Hall–Kier alpha value is -2.29. The van der Waals surface area contributed by atoms with Crippen molar-refractivity contribution in [1.29, 1.82) is 0 Å². The maximum Gasteiger partial charge on any atom is 0.227 e. The van der Waals surface area contributed by atoms with Gasteiger partial charge in [-0.15, -0.1) is 24.0 Å². The molecular formula is C24H33IN4O2. The van der Waals surface area contributed by atoms with Crippen LogP contribution in [0.5, 0.6) is 5.75 Å². The van der Waals surface area contributed by atoms with Crippen LogP contribution in [0.4, 0.5) is 5.69 Å². The number of guanidine groups is 1. The monoisotopic (exact) mass is 536 g/mol. The number of hydrogen-bond donors (Lipinski definition) is 2. The van der Waals surface area contributed by atoms with Crippen molar-refractivity contribution in [1.82, 2.24) is 10.6 Å². The largest absolute Gasteiger partial charge is 0.497 e. The Bertz CT molecular complexity index is 897. The van der Waals surface area contributed by atoms with Crippen LogP contribution >= 0.6 is 24.0 Å². The van der Waals surface area contributed by atoms with Gasteiger partial charge in [0.15, 0.2) is 5.96 Å². The van der Waals surface area contributed by atoms with Gasteiger partial charge in [0.05, 0.1) is 7.11 Å². The summed E-state index contributed by atoms with van der Waals surface area (Å²) >= 11 is 0. The zero-order valence-electron chi connectivity index (χ0n) is 18.8. The molecule has 1 aliphatic heterocycles. The third-order valence-corrected chi connectivity index (χ3v) is 5.55. The lowest BCUT2D eigenvalue weighted by molar-refractivity contribution is -0.117. The van der Waals surface area contributed by atoms with Crippen molar-refractivity contribution in [2.24, 2.45) is 4.99 Å². The molecule has 1 fully saturated rings. The Morgan fingerprint density at radius 1 is 1.16 bits per heavy atom. The number of nitrogens with zero attached hydrogens (tertiary/aromatic N) is 2. The van der Waals surface area contributed by atoms with E-state index >= 15 is 0 Å². The molecule has 0 aliphatic carbocycles. The molecule has 0 bridgehead atoms. The second-order valence-electron chi connectivity index (χ2n) is 8.21. The number of halogens is 1. The fourth-order valence-electron chi connectivity index (χ4n) is 3.57. The van der Waals surface area contributed by atoms with E-state index in [1.165, 1.54) is 5.56 Å². The molecule has 1 saturated heterocycles. The lowest BCUT2D eigenvalue weighted by Gasteiger charge is -2.27. The van der Waals surface area contributed by atoms with Gasteiger partial charge in [-0.05, 0) is 41.8 Å². The zero-order chi connectivity index (χ0) is 21.6. The van der Waals surface area contributed by atoms with Crippen LogP contribution in [-0.4, -0.2) is 39.1 Å². The minimum Gasteiger partial charge on any atom is -0.497 e. The maximum atomic E-state index is 11.9. The van der Waals surface area contributed by atoms with E-state index in [4.69, 9.17) is 4.74 Å². The minimum atomic E-state index is -0.0872. The van der Waals surface area contributed by atoms with Crippen molar-refractivity contribution in [3.8, 4) is 5.75 Å². The predicted octanol–water partition coefficient (Wildman–Crippen LogP) is 4.08. The van der Waals surface area contributed by atoms with Crippen LogP contribution in [0.25, 0.3) is 0 Å². The molecule has 3 rings (SSSR count). The van der Waals surface area contributed by atoms with Crippen molar-refractivity contribution in [2.75, 3.05) is 32.1 Å². The van der Waals surface area contributed by atoms with Crippen LogP contribution in [0.1, 0.15) is 37.8 Å². The average Bonchev–Trinajstić information content (AvgIpc) is 3.20. The fraction of sp³-hybridized carbons (Fsp3) is 0.417. The number of amides is 1. The number of carbonyl (C=O) groups is 1. The van der Waals surface area contributed by atoms with Crippen LogP contribution in [0.15, 0.2) is 53.5 Å². The zero-order valence-corrected chi connectivity index (χ0v) is 21.1. The number of carbonyl (C=O) groups excluding carboxylic acids is 1. The van der Waals surface area contributed by atoms with Gasteiger partial charge in [-0.25, -0.2) is 0 Å². The summed E-state index contributed by atoms with van der Waals surface area (Å²) in [7, 11) is 3.46. The van der Waals surface area contributed by atoms with Crippen molar-refractivity contribution < 1.29 is 9.53 Å². The van der Waals surface area contributed by atoms with Gasteiger partial charge in [0, 0.05) is 44.2 Å². The van der Waals surface area contributed by atoms with Crippen molar-refractivity contribution >= 4 is 41.5 Å². The summed E-state index contributed by atoms with van der Waals surface area (Å²) in [4.78, 5) is 18.1. The number of methoxy groups -OCH3 is 1. The summed E-state index contributed by atoms with van der Waals surface area (Å²) in [5, 5.41) is 6.79. The van der Waals surface area contributed by atoms with Crippen molar-refractivity contribution in [3.05, 3.63) is 59.7 Å². The molecule has 0 radical (unpaired) electrons. The van der Waals surface area contributed by atoms with E-state index in [-0.39, 0.29) is 35.3 Å². The Kier molecular flexibility index (Phi) is 9.15. The van der Waals surface area contributed by atoms with Crippen LogP contribution in [0, 0.1) is 0 Å². The molecule has 168 valence electrons. The standard InChI is InChI=1S/C24H32N4O2.HI/c1-24(2,19-7-5-8-21(15-19)30-4)17-27-23(25-3)26-16-18-10-12-20(13-11-18)28-14-6-9-22(28)29;/h5,7-8,10-13,15H,6,9,14,16-17H2,1-4H3,(H2,25,26,27);1H. The third-order valence-electron chi connectivity index (χ3n) is 5.55. The molecule has 1 amide bonds. The summed E-state index contributed by atoms with van der Waals surface area (Å²) in [6, 6.07) is 16.3. The molecule has 2 N–H and O–H groups in total. The molecule has 1 aliphatic rings. The van der Waals surface area contributed by atoms with E-state index in [1.54, 1.807) is 14.2 Å². The number of hydrogen-bond acceptors (Lipinski definition) is 3. The van der Waals surface area contributed by atoms with Crippen LogP contribution in [0.3, 0.4) is 0 Å². The number of aliphatic imine (C=N–C) groups is 1. The van der Waals surface area contributed by atoms with Gasteiger partial charge in [0.2, 0.25) is 5.91 Å². The number of nitrogens with one attached hydrogen (secondary N) is 2. The van der Waals surface area contributed by atoms with Gasteiger partial charge < -0.3 is 20.3 Å².